The maximum atomic E-state index is 12.3. The monoisotopic (exact) mass is 385 g/mol. The molecule has 1 aliphatic heterocycles. The topological polar surface area (TPSA) is 44.4 Å². The van der Waals surface area contributed by atoms with E-state index < -0.39 is 0 Å². The highest BCUT2D eigenvalue weighted by Gasteiger charge is 2.26. The molecular weight excluding hydrogens is 358 g/mol. The Balaban J connectivity index is 1.64. The molecule has 1 fully saturated rings. The highest BCUT2D eigenvalue weighted by Crippen LogP contribution is 2.26. The van der Waals surface area contributed by atoms with E-state index in [1.165, 1.54) is 5.56 Å². The predicted octanol–water partition coefficient (Wildman–Crippen LogP) is 3.89. The molecule has 0 radical (unpaired) electrons. The molecule has 1 unspecified atom stereocenters. The summed E-state index contributed by atoms with van der Waals surface area (Å²) in [6.07, 6.45) is 2.26. The van der Waals surface area contributed by atoms with Gasteiger partial charge in [0, 0.05) is 35.8 Å². The van der Waals surface area contributed by atoms with Gasteiger partial charge in [0.1, 0.15) is 0 Å². The van der Waals surface area contributed by atoms with Crippen molar-refractivity contribution in [2.45, 2.75) is 31.8 Å². The van der Waals surface area contributed by atoms with E-state index in [2.05, 4.69) is 34.6 Å². The van der Waals surface area contributed by atoms with Gasteiger partial charge in [-0.1, -0.05) is 41.9 Å². The summed E-state index contributed by atoms with van der Waals surface area (Å²) in [5.74, 6) is -0.0139. The number of nitrogens with one attached hydrogen (secondary N) is 2. The lowest BCUT2D eigenvalue weighted by molar-refractivity contribution is 0.0913. The van der Waals surface area contributed by atoms with Gasteiger partial charge in [-0.25, -0.2) is 0 Å². The van der Waals surface area contributed by atoms with Crippen LogP contribution in [0.4, 0.5) is 0 Å². The molecule has 3 rings (SSSR count). The van der Waals surface area contributed by atoms with E-state index in [0.717, 1.165) is 37.5 Å². The first kappa shape index (κ1) is 19.9. The number of amides is 1. The second-order valence-electron chi connectivity index (χ2n) is 7.07. The van der Waals surface area contributed by atoms with Gasteiger partial charge in [0.2, 0.25) is 0 Å². The Morgan fingerprint density at radius 3 is 2.48 bits per heavy atom. The summed E-state index contributed by atoms with van der Waals surface area (Å²) in [5.41, 5.74) is 1.96. The highest BCUT2D eigenvalue weighted by atomic mass is 35.5. The van der Waals surface area contributed by atoms with E-state index in [9.17, 15) is 4.79 Å². The molecule has 5 heteroatoms. The number of hydrogen-bond donors (Lipinski definition) is 2. The van der Waals surface area contributed by atoms with Crippen molar-refractivity contribution in [3.63, 3.8) is 0 Å². The molecular formula is C22H28ClN3O. The second-order valence-corrected chi connectivity index (χ2v) is 7.50. The van der Waals surface area contributed by atoms with Crippen molar-refractivity contribution in [3.05, 3.63) is 70.7 Å². The zero-order valence-corrected chi connectivity index (χ0v) is 16.6. The minimum atomic E-state index is -0.0139. The molecule has 1 saturated heterocycles. The summed E-state index contributed by atoms with van der Waals surface area (Å²) >= 11 is 6.05. The number of carbonyl (C=O) groups excluding carboxylic acids is 1. The Morgan fingerprint density at radius 2 is 1.81 bits per heavy atom. The van der Waals surface area contributed by atoms with Gasteiger partial charge in [-0.05, 0) is 62.7 Å². The van der Waals surface area contributed by atoms with Crippen LogP contribution in [0.5, 0.6) is 0 Å². The van der Waals surface area contributed by atoms with Crippen LogP contribution in [0.15, 0.2) is 54.6 Å². The third kappa shape index (κ3) is 5.55. The zero-order valence-electron chi connectivity index (χ0n) is 15.8. The van der Waals surface area contributed by atoms with Crippen molar-refractivity contribution in [2.75, 3.05) is 26.2 Å². The van der Waals surface area contributed by atoms with Crippen molar-refractivity contribution in [1.29, 1.82) is 0 Å². The lowest BCUT2D eigenvalue weighted by atomic mass is 9.99. The van der Waals surface area contributed by atoms with E-state index in [-0.39, 0.29) is 11.9 Å². The van der Waals surface area contributed by atoms with Crippen molar-refractivity contribution in [1.82, 2.24) is 15.5 Å². The summed E-state index contributed by atoms with van der Waals surface area (Å²) in [6, 6.07) is 18.3. The summed E-state index contributed by atoms with van der Waals surface area (Å²) in [4.78, 5) is 14.8. The molecule has 2 N–H and O–H groups in total. The van der Waals surface area contributed by atoms with Gasteiger partial charge in [-0.2, -0.15) is 0 Å². The molecule has 1 atom stereocenters. The van der Waals surface area contributed by atoms with Crippen LogP contribution in [0.3, 0.4) is 0 Å². The van der Waals surface area contributed by atoms with Crippen LogP contribution >= 0.6 is 11.6 Å². The maximum absolute atomic E-state index is 12.3. The minimum Gasteiger partial charge on any atom is -0.351 e. The lowest BCUT2D eigenvalue weighted by Gasteiger charge is -2.39. The number of rotatable bonds is 7. The largest absolute Gasteiger partial charge is 0.351 e. The van der Waals surface area contributed by atoms with E-state index >= 15 is 0 Å². The van der Waals surface area contributed by atoms with Gasteiger partial charge in [0.15, 0.2) is 0 Å². The standard InChI is InChI=1S/C22H28ClN3O/c1-17(18-7-9-20(23)10-8-18)26(21-11-13-24-14-12-21)16-15-25-22(27)19-5-3-2-4-6-19/h2-10,17,21,24H,11-16H2,1H3,(H,25,27). The summed E-state index contributed by atoms with van der Waals surface area (Å²) in [7, 11) is 0. The van der Waals surface area contributed by atoms with Crippen molar-refractivity contribution in [3.8, 4) is 0 Å². The highest BCUT2D eigenvalue weighted by molar-refractivity contribution is 6.30. The fourth-order valence-electron chi connectivity index (χ4n) is 3.75. The molecule has 0 aliphatic carbocycles. The molecule has 1 heterocycles. The maximum Gasteiger partial charge on any atom is 0.251 e. The third-order valence-corrected chi connectivity index (χ3v) is 5.57. The first-order chi connectivity index (χ1) is 13.1. The van der Waals surface area contributed by atoms with Crippen LogP contribution < -0.4 is 10.6 Å². The Hall–Kier alpha value is -1.88. The summed E-state index contributed by atoms with van der Waals surface area (Å²) in [5, 5.41) is 7.26. The molecule has 0 spiro atoms. The number of hydrogen-bond acceptors (Lipinski definition) is 3. The van der Waals surface area contributed by atoms with Crippen molar-refractivity contribution < 1.29 is 4.79 Å². The number of benzene rings is 2. The van der Waals surface area contributed by atoms with Crippen LogP contribution in [0, 0.1) is 0 Å². The van der Waals surface area contributed by atoms with Gasteiger partial charge in [-0.15, -0.1) is 0 Å². The molecule has 1 aliphatic rings. The van der Waals surface area contributed by atoms with Crippen LogP contribution in [0.1, 0.15) is 41.7 Å². The average molecular weight is 386 g/mol. The molecule has 4 nitrogen and oxygen atoms in total. The smallest absolute Gasteiger partial charge is 0.251 e. The van der Waals surface area contributed by atoms with Crippen LogP contribution in [-0.2, 0) is 0 Å². The van der Waals surface area contributed by atoms with E-state index in [1.807, 2.05) is 42.5 Å². The fraction of sp³-hybridized carbons (Fsp3) is 0.409. The number of halogens is 1. The number of nitrogens with zero attached hydrogens (tertiary/aromatic N) is 1. The zero-order chi connectivity index (χ0) is 19.1. The molecule has 0 saturated carbocycles. The fourth-order valence-corrected chi connectivity index (χ4v) is 3.88. The Labute approximate surface area is 166 Å². The molecule has 2 aromatic carbocycles. The first-order valence-corrected chi connectivity index (χ1v) is 10.1. The summed E-state index contributed by atoms with van der Waals surface area (Å²) in [6.45, 7) is 5.79. The normalized spacial score (nSPS) is 16.3. The molecule has 0 bridgehead atoms. The van der Waals surface area contributed by atoms with Crippen molar-refractivity contribution in [2.24, 2.45) is 0 Å². The summed E-state index contributed by atoms with van der Waals surface area (Å²) < 4.78 is 0. The van der Waals surface area contributed by atoms with E-state index in [0.29, 0.717) is 18.2 Å². The van der Waals surface area contributed by atoms with Gasteiger partial charge >= 0.3 is 0 Å². The van der Waals surface area contributed by atoms with Crippen LogP contribution in [0.25, 0.3) is 0 Å². The minimum absolute atomic E-state index is 0.0139. The average Bonchev–Trinajstić information content (AvgIpc) is 2.72. The molecule has 144 valence electrons. The predicted molar refractivity (Wildman–Crippen MR) is 111 cm³/mol. The van der Waals surface area contributed by atoms with Gasteiger partial charge in [-0.3, -0.25) is 9.69 Å². The van der Waals surface area contributed by atoms with Gasteiger partial charge < -0.3 is 10.6 Å². The second kappa shape index (κ2) is 9.88. The Morgan fingerprint density at radius 1 is 1.15 bits per heavy atom. The SMILES string of the molecule is CC(c1ccc(Cl)cc1)N(CCNC(=O)c1ccccc1)C1CCNCC1. The molecule has 1 amide bonds. The first-order valence-electron chi connectivity index (χ1n) is 9.70. The van der Waals surface area contributed by atoms with Crippen LogP contribution in [-0.4, -0.2) is 43.0 Å². The number of piperidine rings is 1. The Kier molecular flexibility index (Phi) is 7.27. The molecule has 0 aromatic heterocycles. The van der Waals surface area contributed by atoms with E-state index in [4.69, 9.17) is 11.6 Å². The van der Waals surface area contributed by atoms with Crippen LogP contribution in [0.2, 0.25) is 5.02 Å². The molecule has 2 aromatic rings. The quantitative estimate of drug-likeness (QED) is 0.760. The Bertz CT molecular complexity index is 714. The van der Waals surface area contributed by atoms with E-state index in [1.54, 1.807) is 0 Å². The lowest BCUT2D eigenvalue weighted by Crippen LogP contribution is -2.47. The third-order valence-electron chi connectivity index (χ3n) is 5.32. The van der Waals surface area contributed by atoms with Gasteiger partial charge in [0.05, 0.1) is 0 Å². The van der Waals surface area contributed by atoms with Gasteiger partial charge in [0.25, 0.3) is 5.91 Å². The molecule has 27 heavy (non-hydrogen) atoms. The van der Waals surface area contributed by atoms with Crippen molar-refractivity contribution >= 4 is 17.5 Å². The number of carbonyl (C=O) groups is 1.